The number of aromatic nitrogens is 1. The molecule has 10 heteroatoms. The molecule has 1 N–H and O–H groups in total. The molecule has 0 saturated carbocycles. The van der Waals surface area contributed by atoms with Crippen LogP contribution in [0.15, 0.2) is 17.1 Å². The molecule has 0 radical (unpaired) electrons. The first kappa shape index (κ1) is 14.7. The van der Waals surface area contributed by atoms with Gasteiger partial charge in [0.1, 0.15) is 15.6 Å². The summed E-state index contributed by atoms with van der Waals surface area (Å²) in [7, 11) is 1.42. The molecule has 2 aromatic rings. The predicted molar refractivity (Wildman–Crippen MR) is 83.2 cm³/mol. The number of fused-ring (bicyclic) bond motifs is 1. The Morgan fingerprint density at radius 2 is 2.32 bits per heavy atom. The van der Waals surface area contributed by atoms with Gasteiger partial charge in [-0.25, -0.2) is 9.78 Å². The maximum atomic E-state index is 10.9. The summed E-state index contributed by atoms with van der Waals surface area (Å²) in [6, 6.07) is 1.96. The quantitative estimate of drug-likeness (QED) is 0.670. The van der Waals surface area contributed by atoms with E-state index < -0.39 is 16.9 Å². The highest BCUT2D eigenvalue weighted by Gasteiger charge is 2.27. The van der Waals surface area contributed by atoms with Crippen LogP contribution in [-0.4, -0.2) is 44.9 Å². The van der Waals surface area contributed by atoms with E-state index >= 15 is 0 Å². The van der Waals surface area contributed by atoms with Crippen LogP contribution in [0.1, 0.15) is 5.01 Å². The van der Waals surface area contributed by atoms with Crippen molar-refractivity contribution in [2.24, 2.45) is 4.99 Å². The number of hydrogen-bond donors (Lipinski definition) is 1. The number of ether oxygens (including phenoxy) is 1. The number of aliphatic imine (C=N–C) groups is 1. The number of hydrogen-bond acceptors (Lipinski definition) is 8. The second-order valence-corrected chi connectivity index (χ2v) is 6.41. The minimum atomic E-state index is -0.975. The van der Waals surface area contributed by atoms with Crippen molar-refractivity contribution < 1.29 is 19.6 Å². The Hall–Kier alpha value is -2.20. The molecule has 0 aliphatic carbocycles. The predicted octanol–water partition coefficient (Wildman–Crippen LogP) is 2.16. The summed E-state index contributed by atoms with van der Waals surface area (Å²) in [6.45, 7) is 0. The van der Waals surface area contributed by atoms with Crippen molar-refractivity contribution in [3.8, 4) is 5.75 Å². The Labute approximate surface area is 132 Å². The number of thiazole rings is 1. The Bertz CT molecular complexity index is 816. The molecule has 0 amide bonds. The molecule has 0 bridgehead atoms. The third-order valence-corrected chi connectivity index (χ3v) is 5.19. The summed E-state index contributed by atoms with van der Waals surface area (Å²) in [5.74, 6) is -0.306. The average molecular weight is 339 g/mol. The van der Waals surface area contributed by atoms with Gasteiger partial charge in [0.25, 0.3) is 5.69 Å². The highest BCUT2D eigenvalue weighted by molar-refractivity contribution is 8.15. The number of rotatable bonds is 4. The summed E-state index contributed by atoms with van der Waals surface area (Å²) in [5.41, 5.74) is 0.430. The average Bonchev–Trinajstić information content (AvgIpc) is 3.12. The number of thioether (sulfide) groups is 1. The van der Waals surface area contributed by atoms with Crippen molar-refractivity contribution in [2.45, 2.75) is 6.04 Å². The number of carboxylic acid groups (broad SMARTS) is 1. The minimum absolute atomic E-state index is 0.0797. The van der Waals surface area contributed by atoms with Gasteiger partial charge in [-0.2, -0.15) is 0 Å². The molecule has 0 spiro atoms. The second-order valence-electron chi connectivity index (χ2n) is 4.37. The van der Waals surface area contributed by atoms with Gasteiger partial charge in [-0.3, -0.25) is 15.1 Å². The zero-order valence-electron chi connectivity index (χ0n) is 11.2. The van der Waals surface area contributed by atoms with Crippen molar-refractivity contribution in [3.63, 3.8) is 0 Å². The Kier molecular flexibility index (Phi) is 3.71. The number of nitro groups is 1. The Morgan fingerprint density at radius 1 is 1.55 bits per heavy atom. The van der Waals surface area contributed by atoms with Crippen LogP contribution >= 0.6 is 23.1 Å². The third kappa shape index (κ3) is 2.50. The molecule has 1 aromatic heterocycles. The van der Waals surface area contributed by atoms with Gasteiger partial charge in [0.15, 0.2) is 11.8 Å². The number of methoxy groups -OCH3 is 1. The normalized spacial score (nSPS) is 17.5. The molecule has 1 aliphatic heterocycles. The standard InChI is InChI=1S/C12H9N3O5S2/c1-20-7-2-5(15(18)19)3-8-9(7)14-11(22-8)10-13-6(4-21-10)12(16)17/h2-3,6H,4H2,1H3,(H,16,17). The molecule has 114 valence electrons. The molecule has 1 atom stereocenters. The molecular weight excluding hydrogens is 330 g/mol. The SMILES string of the molecule is COc1cc([N+](=O)[O-])cc2sc(C3=NC(C(=O)O)CS3)nc12. The number of aliphatic carboxylic acids is 1. The summed E-state index contributed by atoms with van der Waals surface area (Å²) in [5, 5.41) is 21.0. The molecule has 1 unspecified atom stereocenters. The van der Waals surface area contributed by atoms with Gasteiger partial charge in [-0.05, 0) is 0 Å². The van der Waals surface area contributed by atoms with Crippen LogP contribution in [0.3, 0.4) is 0 Å². The molecule has 0 saturated heterocycles. The van der Waals surface area contributed by atoms with Crippen LogP contribution < -0.4 is 4.74 Å². The van der Waals surface area contributed by atoms with Crippen LogP contribution in [0.2, 0.25) is 0 Å². The molecule has 8 nitrogen and oxygen atoms in total. The van der Waals surface area contributed by atoms with E-state index in [0.717, 1.165) is 0 Å². The van der Waals surface area contributed by atoms with Crippen LogP contribution in [0.25, 0.3) is 10.2 Å². The summed E-state index contributed by atoms with van der Waals surface area (Å²) < 4.78 is 5.75. The van der Waals surface area contributed by atoms with Crippen LogP contribution in [0, 0.1) is 10.1 Å². The van der Waals surface area contributed by atoms with Gasteiger partial charge in [-0.15, -0.1) is 23.1 Å². The lowest BCUT2D eigenvalue weighted by atomic mass is 10.3. The molecule has 0 fully saturated rings. The Balaban J connectivity index is 2.08. The van der Waals surface area contributed by atoms with Crippen LogP contribution in [0.4, 0.5) is 5.69 Å². The lowest BCUT2D eigenvalue weighted by molar-refractivity contribution is -0.384. The van der Waals surface area contributed by atoms with Gasteiger partial charge in [0, 0.05) is 11.8 Å². The van der Waals surface area contributed by atoms with Gasteiger partial charge in [0.05, 0.1) is 22.8 Å². The summed E-state index contributed by atoms with van der Waals surface area (Å²) >= 11 is 2.54. The van der Waals surface area contributed by atoms with Crippen molar-refractivity contribution in [2.75, 3.05) is 12.9 Å². The van der Waals surface area contributed by atoms with Crippen molar-refractivity contribution in [1.82, 2.24) is 4.98 Å². The smallest absolute Gasteiger partial charge is 0.329 e. The number of benzene rings is 1. The molecule has 2 heterocycles. The van der Waals surface area contributed by atoms with Crippen molar-refractivity contribution >= 4 is 50.0 Å². The Morgan fingerprint density at radius 3 is 2.91 bits per heavy atom. The van der Waals surface area contributed by atoms with Crippen LogP contribution in [-0.2, 0) is 4.79 Å². The zero-order valence-corrected chi connectivity index (χ0v) is 12.8. The minimum Gasteiger partial charge on any atom is -0.494 e. The fourth-order valence-corrected chi connectivity index (χ4v) is 4.07. The topological polar surface area (TPSA) is 115 Å². The number of non-ortho nitro benzene ring substituents is 1. The highest BCUT2D eigenvalue weighted by atomic mass is 32.2. The zero-order chi connectivity index (χ0) is 15.9. The first-order valence-corrected chi connectivity index (χ1v) is 7.86. The fraction of sp³-hybridized carbons (Fsp3) is 0.250. The molecular formula is C12H9N3O5S2. The van der Waals surface area contributed by atoms with Gasteiger partial charge < -0.3 is 9.84 Å². The highest BCUT2D eigenvalue weighted by Crippen LogP contribution is 2.36. The van der Waals surface area contributed by atoms with Gasteiger partial charge >= 0.3 is 5.97 Å². The maximum absolute atomic E-state index is 10.9. The molecule has 22 heavy (non-hydrogen) atoms. The monoisotopic (exact) mass is 339 g/mol. The second kappa shape index (κ2) is 5.54. The van der Waals surface area contributed by atoms with Gasteiger partial charge in [-0.1, -0.05) is 0 Å². The molecule has 3 rings (SSSR count). The first-order chi connectivity index (χ1) is 10.5. The fourth-order valence-electron chi connectivity index (χ4n) is 1.95. The largest absolute Gasteiger partial charge is 0.494 e. The lowest BCUT2D eigenvalue weighted by Gasteiger charge is -1.99. The van der Waals surface area contributed by atoms with E-state index in [1.807, 2.05) is 0 Å². The molecule has 1 aliphatic rings. The summed E-state index contributed by atoms with van der Waals surface area (Å²) in [4.78, 5) is 29.9. The number of nitrogens with zero attached hydrogens (tertiary/aromatic N) is 3. The van der Waals surface area contributed by atoms with Crippen molar-refractivity contribution in [3.05, 3.63) is 27.3 Å². The van der Waals surface area contributed by atoms with Crippen molar-refractivity contribution in [1.29, 1.82) is 0 Å². The first-order valence-electron chi connectivity index (χ1n) is 6.06. The van der Waals surface area contributed by atoms with Crippen LogP contribution in [0.5, 0.6) is 5.75 Å². The lowest BCUT2D eigenvalue weighted by Crippen LogP contribution is -2.17. The van der Waals surface area contributed by atoms with E-state index in [0.29, 0.717) is 31.8 Å². The van der Waals surface area contributed by atoms with E-state index in [9.17, 15) is 14.9 Å². The summed E-state index contributed by atoms with van der Waals surface area (Å²) in [6.07, 6.45) is 0. The van der Waals surface area contributed by atoms with E-state index in [4.69, 9.17) is 9.84 Å². The van der Waals surface area contributed by atoms with E-state index in [1.54, 1.807) is 0 Å². The molecule has 1 aromatic carbocycles. The maximum Gasteiger partial charge on any atom is 0.329 e. The van der Waals surface area contributed by atoms with E-state index in [1.165, 1.54) is 42.3 Å². The van der Waals surface area contributed by atoms with E-state index in [-0.39, 0.29) is 5.69 Å². The van der Waals surface area contributed by atoms with Gasteiger partial charge in [0.2, 0.25) is 0 Å². The number of carboxylic acids is 1. The third-order valence-electron chi connectivity index (χ3n) is 2.99. The number of nitro benzene ring substituents is 1. The number of carbonyl (C=O) groups is 1. The van der Waals surface area contributed by atoms with E-state index in [2.05, 4.69) is 9.98 Å².